The molecule has 1 atom stereocenters. The van der Waals surface area contributed by atoms with Crippen molar-refractivity contribution in [3.63, 3.8) is 0 Å². The number of aliphatic hydroxyl groups is 1. The average Bonchev–Trinajstić information content (AvgIpc) is 2.73. The standard InChI is InChI=1S/C13H10BrF3O2S/c14-9-5-11(20-7-9)6-12(18)8-2-1-3-10(4-8)19-13(15,16)17/h1-5,7,12,18H,6H2. The molecule has 1 aromatic carbocycles. The summed E-state index contributed by atoms with van der Waals surface area (Å²) in [6, 6.07) is 7.25. The molecule has 0 amide bonds. The van der Waals surface area contributed by atoms with Crippen molar-refractivity contribution in [2.24, 2.45) is 0 Å². The zero-order valence-electron chi connectivity index (χ0n) is 10.0. The van der Waals surface area contributed by atoms with Gasteiger partial charge in [-0.25, -0.2) is 0 Å². The van der Waals surface area contributed by atoms with E-state index in [0.717, 1.165) is 9.35 Å². The van der Waals surface area contributed by atoms with E-state index in [1.165, 1.54) is 29.5 Å². The van der Waals surface area contributed by atoms with E-state index in [1.807, 2.05) is 11.4 Å². The molecule has 1 unspecified atom stereocenters. The minimum Gasteiger partial charge on any atom is -0.406 e. The van der Waals surface area contributed by atoms with E-state index in [2.05, 4.69) is 20.7 Å². The third-order valence-corrected chi connectivity index (χ3v) is 4.21. The topological polar surface area (TPSA) is 29.5 Å². The molecule has 0 saturated carbocycles. The Morgan fingerprint density at radius 3 is 2.65 bits per heavy atom. The van der Waals surface area contributed by atoms with Gasteiger partial charge in [0, 0.05) is 21.2 Å². The molecule has 0 saturated heterocycles. The molecule has 0 bridgehead atoms. The maximum Gasteiger partial charge on any atom is 0.573 e. The van der Waals surface area contributed by atoms with Crippen LogP contribution in [-0.2, 0) is 6.42 Å². The van der Waals surface area contributed by atoms with Crippen LogP contribution < -0.4 is 4.74 Å². The summed E-state index contributed by atoms with van der Waals surface area (Å²) in [5.41, 5.74) is 0.385. The molecular weight excluding hydrogens is 357 g/mol. The van der Waals surface area contributed by atoms with Gasteiger partial charge in [-0.15, -0.1) is 24.5 Å². The first-order chi connectivity index (χ1) is 9.33. The highest BCUT2D eigenvalue weighted by molar-refractivity contribution is 9.10. The number of thiophene rings is 1. The van der Waals surface area contributed by atoms with Gasteiger partial charge in [-0.05, 0) is 39.7 Å². The van der Waals surface area contributed by atoms with Crippen LogP contribution in [-0.4, -0.2) is 11.5 Å². The lowest BCUT2D eigenvalue weighted by atomic mass is 10.1. The first-order valence-corrected chi connectivity index (χ1v) is 7.27. The summed E-state index contributed by atoms with van der Waals surface area (Å²) in [5, 5.41) is 11.9. The maximum atomic E-state index is 12.1. The highest BCUT2D eigenvalue weighted by Crippen LogP contribution is 2.29. The molecule has 108 valence electrons. The summed E-state index contributed by atoms with van der Waals surface area (Å²) < 4.78 is 41.2. The van der Waals surface area contributed by atoms with Crippen molar-refractivity contribution in [1.82, 2.24) is 0 Å². The Labute approximate surface area is 125 Å². The number of rotatable bonds is 4. The van der Waals surface area contributed by atoms with Crippen molar-refractivity contribution in [2.45, 2.75) is 18.9 Å². The molecule has 1 aromatic heterocycles. The van der Waals surface area contributed by atoms with Crippen molar-refractivity contribution in [1.29, 1.82) is 0 Å². The van der Waals surface area contributed by atoms with Gasteiger partial charge in [-0.1, -0.05) is 12.1 Å². The molecule has 0 aliphatic rings. The Kier molecular flexibility index (Phi) is 4.72. The molecule has 0 fully saturated rings. The monoisotopic (exact) mass is 366 g/mol. The zero-order chi connectivity index (χ0) is 14.8. The normalized spacial score (nSPS) is 13.2. The first-order valence-electron chi connectivity index (χ1n) is 5.60. The van der Waals surface area contributed by atoms with E-state index in [-0.39, 0.29) is 5.75 Å². The molecule has 2 aromatic rings. The van der Waals surface area contributed by atoms with Crippen LogP contribution in [0.4, 0.5) is 13.2 Å². The minimum absolute atomic E-state index is 0.332. The predicted octanol–water partition coefficient (Wildman–Crippen LogP) is 4.69. The summed E-state index contributed by atoms with van der Waals surface area (Å²) in [6.45, 7) is 0. The van der Waals surface area contributed by atoms with Crippen LogP contribution in [0.25, 0.3) is 0 Å². The van der Waals surface area contributed by atoms with E-state index in [0.29, 0.717) is 12.0 Å². The van der Waals surface area contributed by atoms with E-state index in [1.54, 1.807) is 6.07 Å². The number of ether oxygens (including phenoxy) is 1. The van der Waals surface area contributed by atoms with Crippen LogP contribution in [0.3, 0.4) is 0 Å². The van der Waals surface area contributed by atoms with Crippen molar-refractivity contribution < 1.29 is 23.0 Å². The molecule has 1 N–H and O–H groups in total. The van der Waals surface area contributed by atoms with E-state index in [4.69, 9.17) is 0 Å². The third-order valence-electron chi connectivity index (χ3n) is 2.49. The first kappa shape index (κ1) is 15.3. The molecular formula is C13H10BrF3O2S. The van der Waals surface area contributed by atoms with E-state index >= 15 is 0 Å². The Hall–Kier alpha value is -1.05. The van der Waals surface area contributed by atoms with Gasteiger partial charge >= 0.3 is 6.36 Å². The van der Waals surface area contributed by atoms with Crippen LogP contribution in [0.15, 0.2) is 40.2 Å². The average molecular weight is 367 g/mol. The molecule has 2 nitrogen and oxygen atoms in total. The highest BCUT2D eigenvalue weighted by atomic mass is 79.9. The van der Waals surface area contributed by atoms with Gasteiger partial charge in [0.2, 0.25) is 0 Å². The molecule has 0 radical (unpaired) electrons. The molecule has 7 heteroatoms. The second-order valence-electron chi connectivity index (χ2n) is 4.07. The Morgan fingerprint density at radius 2 is 2.05 bits per heavy atom. The number of hydrogen-bond acceptors (Lipinski definition) is 3. The fraction of sp³-hybridized carbons (Fsp3) is 0.231. The number of hydrogen-bond donors (Lipinski definition) is 1. The van der Waals surface area contributed by atoms with Crippen molar-refractivity contribution >= 4 is 27.3 Å². The van der Waals surface area contributed by atoms with Gasteiger partial charge in [0.05, 0.1) is 6.10 Å². The molecule has 0 aliphatic carbocycles. The van der Waals surface area contributed by atoms with Crippen molar-refractivity contribution in [3.8, 4) is 5.75 Å². The fourth-order valence-electron chi connectivity index (χ4n) is 1.69. The van der Waals surface area contributed by atoms with Gasteiger partial charge in [0.1, 0.15) is 5.75 Å². The third kappa shape index (κ3) is 4.50. The summed E-state index contributed by atoms with van der Waals surface area (Å²) in [4.78, 5) is 0.937. The second-order valence-corrected chi connectivity index (χ2v) is 5.98. The second kappa shape index (κ2) is 6.15. The Balaban J connectivity index is 2.10. The zero-order valence-corrected chi connectivity index (χ0v) is 12.4. The van der Waals surface area contributed by atoms with E-state index < -0.39 is 12.5 Å². The summed E-state index contributed by atoms with van der Waals surface area (Å²) in [7, 11) is 0. The molecule has 2 rings (SSSR count). The van der Waals surface area contributed by atoms with Gasteiger partial charge in [0.15, 0.2) is 0 Å². The lowest BCUT2D eigenvalue weighted by Crippen LogP contribution is -2.17. The summed E-state index contributed by atoms with van der Waals surface area (Å²) in [5.74, 6) is -0.332. The van der Waals surface area contributed by atoms with Gasteiger partial charge in [0.25, 0.3) is 0 Å². The number of aliphatic hydroxyl groups excluding tert-OH is 1. The SMILES string of the molecule is OC(Cc1cc(Br)cs1)c1cccc(OC(F)(F)F)c1. The van der Waals surface area contributed by atoms with Crippen LogP contribution in [0, 0.1) is 0 Å². The fourth-order valence-corrected chi connectivity index (χ4v) is 3.18. The smallest absolute Gasteiger partial charge is 0.406 e. The van der Waals surface area contributed by atoms with Crippen LogP contribution in [0.5, 0.6) is 5.75 Å². The number of alkyl halides is 3. The number of halogens is 4. The maximum absolute atomic E-state index is 12.1. The van der Waals surface area contributed by atoms with Crippen LogP contribution in [0.1, 0.15) is 16.5 Å². The molecule has 0 spiro atoms. The molecule has 1 heterocycles. The Bertz CT molecular complexity index is 583. The van der Waals surface area contributed by atoms with E-state index in [9.17, 15) is 18.3 Å². The summed E-state index contributed by atoms with van der Waals surface area (Å²) >= 11 is 4.78. The highest BCUT2D eigenvalue weighted by Gasteiger charge is 2.31. The summed E-state index contributed by atoms with van der Waals surface area (Å²) in [6.07, 6.45) is -5.27. The number of benzene rings is 1. The quantitative estimate of drug-likeness (QED) is 0.850. The van der Waals surface area contributed by atoms with Gasteiger partial charge < -0.3 is 9.84 Å². The van der Waals surface area contributed by atoms with Gasteiger partial charge in [-0.2, -0.15) is 0 Å². The largest absolute Gasteiger partial charge is 0.573 e. The van der Waals surface area contributed by atoms with Gasteiger partial charge in [-0.3, -0.25) is 0 Å². The minimum atomic E-state index is -4.73. The Morgan fingerprint density at radius 1 is 1.30 bits per heavy atom. The van der Waals surface area contributed by atoms with Crippen molar-refractivity contribution in [2.75, 3.05) is 0 Å². The van der Waals surface area contributed by atoms with Crippen LogP contribution in [0.2, 0.25) is 0 Å². The lowest BCUT2D eigenvalue weighted by Gasteiger charge is -2.13. The molecule has 0 aliphatic heterocycles. The van der Waals surface area contributed by atoms with Crippen LogP contribution >= 0.6 is 27.3 Å². The lowest BCUT2D eigenvalue weighted by molar-refractivity contribution is -0.274. The predicted molar refractivity (Wildman–Crippen MR) is 73.8 cm³/mol. The molecule has 20 heavy (non-hydrogen) atoms. The van der Waals surface area contributed by atoms with Crippen molar-refractivity contribution in [3.05, 3.63) is 50.6 Å².